The molecule has 248 valence electrons. The molecule has 5 aromatic carbocycles. The van der Waals surface area contributed by atoms with Crippen molar-refractivity contribution in [1.29, 1.82) is 0 Å². The van der Waals surface area contributed by atoms with E-state index in [1.807, 2.05) is 148 Å². The summed E-state index contributed by atoms with van der Waals surface area (Å²) in [6.07, 6.45) is 13.4. The van der Waals surface area contributed by atoms with E-state index >= 15 is 0 Å². The zero-order valence-corrected chi connectivity index (χ0v) is 28.1. The molecule has 0 saturated carbocycles. The van der Waals surface area contributed by atoms with Crippen molar-refractivity contribution in [3.63, 3.8) is 0 Å². The van der Waals surface area contributed by atoms with Crippen molar-refractivity contribution in [3.05, 3.63) is 160 Å². The molecule has 0 heterocycles. The van der Waals surface area contributed by atoms with Crippen LogP contribution in [0, 0.1) is 13.8 Å². The lowest BCUT2D eigenvalue weighted by atomic mass is 9.94. The molecule has 50 heavy (non-hydrogen) atoms. The van der Waals surface area contributed by atoms with Crippen molar-refractivity contribution in [1.82, 2.24) is 0 Å². The highest BCUT2D eigenvalue weighted by molar-refractivity contribution is 5.91. The molecule has 0 bridgehead atoms. The molecule has 2 atom stereocenters. The summed E-state index contributed by atoms with van der Waals surface area (Å²) in [6, 6.07) is 32.9. The largest absolute Gasteiger partial charge is 0.397 e. The van der Waals surface area contributed by atoms with Crippen LogP contribution in [0.3, 0.4) is 0 Å². The SMILES string of the molecule is Cc1ccc(N)c(/N=C/c2cccc(/C=N/c3cc(C4=CC(N)C(/N=C/c5cccc(/C=N/c6cc(C)ccc6N)c5)C=C4)ccc3N)c2)c1. The average molecular weight is 657 g/mol. The maximum Gasteiger partial charge on any atom is 0.0870 e. The second kappa shape index (κ2) is 15.2. The molecule has 5 aromatic rings. The second-order valence-electron chi connectivity index (χ2n) is 12.3. The molecule has 0 aliphatic heterocycles. The van der Waals surface area contributed by atoms with Gasteiger partial charge in [-0.15, -0.1) is 0 Å². The predicted molar refractivity (Wildman–Crippen MR) is 213 cm³/mol. The fourth-order valence-electron chi connectivity index (χ4n) is 5.44. The van der Waals surface area contributed by atoms with Crippen molar-refractivity contribution >= 4 is 64.6 Å². The van der Waals surface area contributed by atoms with Gasteiger partial charge in [0.25, 0.3) is 0 Å². The van der Waals surface area contributed by atoms with E-state index < -0.39 is 0 Å². The lowest BCUT2D eigenvalue weighted by Crippen LogP contribution is -2.32. The highest BCUT2D eigenvalue weighted by Gasteiger charge is 2.17. The van der Waals surface area contributed by atoms with Gasteiger partial charge in [0, 0.05) is 30.9 Å². The Balaban J connectivity index is 1.12. The third kappa shape index (κ3) is 8.55. The molecule has 2 unspecified atom stereocenters. The first-order valence-corrected chi connectivity index (χ1v) is 16.3. The smallest absolute Gasteiger partial charge is 0.0870 e. The summed E-state index contributed by atoms with van der Waals surface area (Å²) in [5, 5.41) is 0. The van der Waals surface area contributed by atoms with Gasteiger partial charge in [0.2, 0.25) is 0 Å². The summed E-state index contributed by atoms with van der Waals surface area (Å²) in [5.41, 5.74) is 37.0. The predicted octanol–water partition coefficient (Wildman–Crippen LogP) is 8.07. The van der Waals surface area contributed by atoms with Crippen molar-refractivity contribution in [2.75, 3.05) is 17.2 Å². The molecule has 1 aliphatic rings. The average Bonchev–Trinajstić information content (AvgIpc) is 3.12. The molecule has 1 aliphatic carbocycles. The van der Waals surface area contributed by atoms with Crippen LogP contribution in [0.15, 0.2) is 141 Å². The summed E-state index contributed by atoms with van der Waals surface area (Å²) >= 11 is 0. The monoisotopic (exact) mass is 656 g/mol. The Morgan fingerprint density at radius 3 is 1.50 bits per heavy atom. The number of nitrogens with two attached hydrogens (primary N) is 4. The molecule has 0 amide bonds. The van der Waals surface area contributed by atoms with Crippen LogP contribution in [0.25, 0.3) is 5.57 Å². The van der Waals surface area contributed by atoms with Crippen molar-refractivity contribution in [2.45, 2.75) is 25.9 Å². The number of benzene rings is 5. The molecule has 8 heteroatoms. The molecule has 8 nitrogen and oxygen atoms in total. The van der Waals surface area contributed by atoms with Crippen LogP contribution in [0.5, 0.6) is 0 Å². The number of hydrogen-bond donors (Lipinski definition) is 4. The molecular formula is C42H40N8. The first-order chi connectivity index (χ1) is 24.2. The first-order valence-electron chi connectivity index (χ1n) is 16.3. The summed E-state index contributed by atoms with van der Waals surface area (Å²) in [4.78, 5) is 18.7. The number of anilines is 3. The molecule has 8 N–H and O–H groups in total. The number of aliphatic imine (C=N–C) groups is 4. The zero-order valence-electron chi connectivity index (χ0n) is 28.1. The van der Waals surface area contributed by atoms with Gasteiger partial charge in [-0.2, -0.15) is 0 Å². The molecular weight excluding hydrogens is 617 g/mol. The van der Waals surface area contributed by atoms with E-state index in [0.29, 0.717) is 22.7 Å². The van der Waals surface area contributed by atoms with E-state index in [4.69, 9.17) is 32.9 Å². The Bertz CT molecular complexity index is 2210. The molecule has 0 radical (unpaired) electrons. The van der Waals surface area contributed by atoms with Crippen LogP contribution in [0.4, 0.5) is 34.1 Å². The Kier molecular flexibility index (Phi) is 10.2. The normalized spacial score (nSPS) is 16.3. The second-order valence-corrected chi connectivity index (χ2v) is 12.3. The van der Waals surface area contributed by atoms with Crippen molar-refractivity contribution in [3.8, 4) is 0 Å². The summed E-state index contributed by atoms with van der Waals surface area (Å²) in [7, 11) is 0. The van der Waals surface area contributed by atoms with E-state index in [9.17, 15) is 0 Å². The Morgan fingerprint density at radius 2 is 1.00 bits per heavy atom. The number of hydrogen-bond acceptors (Lipinski definition) is 8. The maximum absolute atomic E-state index is 6.59. The number of allylic oxidation sites excluding steroid dienone is 2. The van der Waals surface area contributed by atoms with Crippen LogP contribution in [0.2, 0.25) is 0 Å². The van der Waals surface area contributed by atoms with Crippen LogP contribution >= 0.6 is 0 Å². The number of nitrogens with zero attached hydrogens (tertiary/aromatic N) is 4. The third-order valence-electron chi connectivity index (χ3n) is 8.25. The summed E-state index contributed by atoms with van der Waals surface area (Å²) < 4.78 is 0. The number of aryl methyl sites for hydroxylation is 2. The van der Waals surface area contributed by atoms with Crippen LogP contribution in [-0.2, 0) is 0 Å². The molecule has 6 rings (SSSR count). The Hall–Kier alpha value is -6.38. The van der Waals surface area contributed by atoms with Gasteiger partial charge in [-0.3, -0.25) is 20.0 Å². The van der Waals surface area contributed by atoms with Crippen molar-refractivity contribution < 1.29 is 0 Å². The molecule has 0 fully saturated rings. The summed E-state index contributed by atoms with van der Waals surface area (Å²) in [6.45, 7) is 4.03. The Labute approximate surface area is 293 Å². The quantitative estimate of drug-likeness (QED) is 0.0936. The van der Waals surface area contributed by atoms with E-state index in [1.165, 1.54) is 0 Å². The van der Waals surface area contributed by atoms with Gasteiger partial charge in [-0.05, 0) is 107 Å². The van der Waals surface area contributed by atoms with Gasteiger partial charge in [0.05, 0.1) is 40.2 Å². The minimum atomic E-state index is -0.302. The van der Waals surface area contributed by atoms with E-state index in [-0.39, 0.29) is 12.1 Å². The standard InChI is InChI=1S/C42H40N8/c1-27-9-13-35(43)40(17-27)48-24-30-6-3-5-29(19-30)23-47-39-16-12-33(21-38(39)46)34-11-15-37(45)42(22-34)50-26-32-8-4-7-31(20-32)25-49-41-18-28(2)10-14-36(41)44/h3-26,38-39H,43-46H2,1-2H3/b47-23+,48-24+,49-25+,50-26+. The molecule has 0 spiro atoms. The van der Waals surface area contributed by atoms with E-state index in [2.05, 4.69) is 9.98 Å². The van der Waals surface area contributed by atoms with Crippen LogP contribution < -0.4 is 22.9 Å². The van der Waals surface area contributed by atoms with Gasteiger partial charge in [-0.1, -0.05) is 72.8 Å². The van der Waals surface area contributed by atoms with Gasteiger partial charge in [0.15, 0.2) is 0 Å². The zero-order chi connectivity index (χ0) is 35.0. The summed E-state index contributed by atoms with van der Waals surface area (Å²) in [5.74, 6) is 0. The van der Waals surface area contributed by atoms with Crippen molar-refractivity contribution in [2.24, 2.45) is 25.7 Å². The molecule has 0 aromatic heterocycles. The van der Waals surface area contributed by atoms with Gasteiger partial charge in [0.1, 0.15) is 0 Å². The topological polar surface area (TPSA) is 154 Å². The highest BCUT2D eigenvalue weighted by Crippen LogP contribution is 2.30. The lowest BCUT2D eigenvalue weighted by molar-refractivity contribution is 0.706. The highest BCUT2D eigenvalue weighted by atomic mass is 14.8. The number of nitrogen functional groups attached to an aromatic ring is 3. The van der Waals surface area contributed by atoms with E-state index in [0.717, 1.165) is 55.9 Å². The minimum absolute atomic E-state index is 0.201. The molecule has 0 saturated heterocycles. The fraction of sp³-hybridized carbons (Fsp3) is 0.0952. The fourth-order valence-corrected chi connectivity index (χ4v) is 5.44. The van der Waals surface area contributed by atoms with Crippen LogP contribution in [-0.4, -0.2) is 36.9 Å². The Morgan fingerprint density at radius 1 is 0.540 bits per heavy atom. The van der Waals surface area contributed by atoms with Gasteiger partial charge in [-0.25, -0.2) is 0 Å². The number of rotatable bonds is 9. The lowest BCUT2D eigenvalue weighted by Gasteiger charge is -2.20. The van der Waals surface area contributed by atoms with Crippen LogP contribution in [0.1, 0.15) is 38.9 Å². The van der Waals surface area contributed by atoms with Gasteiger partial charge < -0.3 is 22.9 Å². The minimum Gasteiger partial charge on any atom is -0.397 e. The first kappa shape index (κ1) is 33.5. The third-order valence-corrected chi connectivity index (χ3v) is 8.25. The van der Waals surface area contributed by atoms with E-state index in [1.54, 1.807) is 12.4 Å². The van der Waals surface area contributed by atoms with Gasteiger partial charge >= 0.3 is 0 Å². The maximum atomic E-state index is 6.59.